The highest BCUT2D eigenvalue weighted by atomic mass is 32.2. The fourth-order valence-electron chi connectivity index (χ4n) is 3.15. The van der Waals surface area contributed by atoms with Gasteiger partial charge in [-0.25, -0.2) is 13.4 Å². The lowest BCUT2D eigenvalue weighted by atomic mass is 10.2. The number of anilines is 3. The minimum atomic E-state index is -3.60. The van der Waals surface area contributed by atoms with Gasteiger partial charge in [0.05, 0.1) is 4.90 Å². The van der Waals surface area contributed by atoms with Crippen LogP contribution in [-0.4, -0.2) is 39.6 Å². The monoisotopic (exact) mass is 402 g/mol. The van der Waals surface area contributed by atoms with Crippen molar-refractivity contribution in [3.05, 3.63) is 66.2 Å². The molecule has 0 amide bonds. The highest BCUT2D eigenvalue weighted by molar-refractivity contribution is 7.93. The maximum absolute atomic E-state index is 12.4. The summed E-state index contributed by atoms with van der Waals surface area (Å²) < 4.78 is 27.3. The standard InChI is InChI=1S/C19H20N4O2S2.H2/c24-27(25,21-19-20-10-15-26-19)18-8-6-17(7-9-18)23-13-11-22(12-14-23)16-4-2-1-3-5-16;/h1-10,15H,11-14H2,(H,20,21);1H. The summed E-state index contributed by atoms with van der Waals surface area (Å²) in [5.74, 6) is 0. The second-order valence-corrected chi connectivity index (χ2v) is 8.82. The van der Waals surface area contributed by atoms with Gasteiger partial charge in [-0.15, -0.1) is 11.3 Å². The summed E-state index contributed by atoms with van der Waals surface area (Å²) in [5, 5.41) is 2.10. The number of sulfonamides is 1. The molecular weight excluding hydrogens is 380 g/mol. The maximum Gasteiger partial charge on any atom is 0.263 e. The summed E-state index contributed by atoms with van der Waals surface area (Å²) in [4.78, 5) is 8.86. The van der Waals surface area contributed by atoms with E-state index in [1.165, 1.54) is 17.0 Å². The summed E-state index contributed by atoms with van der Waals surface area (Å²) >= 11 is 1.25. The van der Waals surface area contributed by atoms with Gasteiger partial charge in [0.1, 0.15) is 0 Å². The van der Waals surface area contributed by atoms with Crippen molar-refractivity contribution in [3.63, 3.8) is 0 Å². The van der Waals surface area contributed by atoms with Crippen LogP contribution in [-0.2, 0) is 10.0 Å². The molecule has 6 nitrogen and oxygen atoms in total. The Morgan fingerprint density at radius 3 is 2.04 bits per heavy atom. The zero-order chi connectivity index (χ0) is 18.7. The lowest BCUT2D eigenvalue weighted by Gasteiger charge is -2.37. The Balaban J connectivity index is 0.00000225. The molecule has 0 bridgehead atoms. The smallest absolute Gasteiger partial charge is 0.263 e. The van der Waals surface area contributed by atoms with Gasteiger partial charge in [0.15, 0.2) is 5.13 Å². The van der Waals surface area contributed by atoms with Gasteiger partial charge in [-0.2, -0.15) is 0 Å². The Hall–Kier alpha value is -2.58. The number of thiazole rings is 1. The number of nitrogens with zero attached hydrogens (tertiary/aromatic N) is 3. The number of benzene rings is 2. The molecule has 0 saturated carbocycles. The van der Waals surface area contributed by atoms with Crippen LogP contribution in [0.3, 0.4) is 0 Å². The molecule has 1 aliphatic heterocycles. The molecule has 142 valence electrons. The van der Waals surface area contributed by atoms with E-state index < -0.39 is 10.0 Å². The maximum atomic E-state index is 12.4. The second-order valence-electron chi connectivity index (χ2n) is 6.25. The van der Waals surface area contributed by atoms with Crippen LogP contribution in [0.15, 0.2) is 71.1 Å². The minimum Gasteiger partial charge on any atom is -0.368 e. The Kier molecular flexibility index (Phi) is 5.00. The van der Waals surface area contributed by atoms with E-state index in [4.69, 9.17) is 0 Å². The number of piperazine rings is 1. The molecule has 1 saturated heterocycles. The van der Waals surface area contributed by atoms with Crippen LogP contribution in [0, 0.1) is 0 Å². The predicted octanol–water partition coefficient (Wildman–Crippen LogP) is 3.52. The van der Waals surface area contributed by atoms with Crippen LogP contribution in [0.25, 0.3) is 0 Å². The first-order valence-electron chi connectivity index (χ1n) is 8.69. The molecule has 1 fully saturated rings. The zero-order valence-electron chi connectivity index (χ0n) is 14.7. The fraction of sp³-hybridized carbons (Fsp3) is 0.211. The largest absolute Gasteiger partial charge is 0.368 e. The van der Waals surface area contributed by atoms with Crippen LogP contribution in [0.1, 0.15) is 1.43 Å². The van der Waals surface area contributed by atoms with Crippen molar-refractivity contribution in [2.24, 2.45) is 0 Å². The minimum absolute atomic E-state index is 0. The molecule has 0 unspecified atom stereocenters. The number of rotatable bonds is 5. The zero-order valence-corrected chi connectivity index (χ0v) is 16.3. The van der Waals surface area contributed by atoms with Gasteiger partial charge < -0.3 is 9.80 Å². The van der Waals surface area contributed by atoms with Crippen molar-refractivity contribution in [2.45, 2.75) is 4.90 Å². The number of hydrogen-bond donors (Lipinski definition) is 1. The van der Waals surface area contributed by atoms with E-state index in [0.29, 0.717) is 5.13 Å². The lowest BCUT2D eigenvalue weighted by molar-refractivity contribution is 0.601. The van der Waals surface area contributed by atoms with Crippen LogP contribution < -0.4 is 14.5 Å². The molecule has 4 rings (SSSR count). The third kappa shape index (κ3) is 4.06. The van der Waals surface area contributed by atoms with Crippen molar-refractivity contribution in [2.75, 3.05) is 40.7 Å². The van der Waals surface area contributed by atoms with Crippen molar-refractivity contribution < 1.29 is 9.84 Å². The summed E-state index contributed by atoms with van der Waals surface area (Å²) in [6.45, 7) is 3.68. The molecule has 0 radical (unpaired) electrons. The molecule has 0 atom stereocenters. The van der Waals surface area contributed by atoms with E-state index in [-0.39, 0.29) is 6.32 Å². The van der Waals surface area contributed by atoms with Crippen LogP contribution in [0.5, 0.6) is 0 Å². The fourth-order valence-corrected chi connectivity index (χ4v) is 4.93. The Bertz CT molecular complexity index is 973. The molecule has 1 aromatic heterocycles. The van der Waals surface area contributed by atoms with Gasteiger partial charge in [-0.05, 0) is 36.4 Å². The third-order valence-corrected chi connectivity index (χ3v) is 6.74. The molecule has 1 N–H and O–H groups in total. The van der Waals surface area contributed by atoms with Gasteiger partial charge in [0, 0.05) is 50.6 Å². The molecule has 1 aliphatic rings. The first-order valence-corrected chi connectivity index (χ1v) is 11.1. The highest BCUT2D eigenvalue weighted by Gasteiger charge is 2.19. The number of aromatic nitrogens is 1. The molecule has 2 aromatic carbocycles. The van der Waals surface area contributed by atoms with Crippen molar-refractivity contribution in [1.29, 1.82) is 0 Å². The third-order valence-electron chi connectivity index (χ3n) is 4.57. The summed E-state index contributed by atoms with van der Waals surface area (Å²) in [6, 6.07) is 17.4. The Morgan fingerprint density at radius 1 is 0.889 bits per heavy atom. The number of nitrogens with one attached hydrogen (secondary N) is 1. The molecule has 0 spiro atoms. The van der Waals surface area contributed by atoms with E-state index in [1.54, 1.807) is 23.7 Å². The first-order chi connectivity index (χ1) is 13.1. The Labute approximate surface area is 164 Å². The quantitative estimate of drug-likeness (QED) is 0.707. The Morgan fingerprint density at radius 2 is 1.48 bits per heavy atom. The molecule has 0 aliphatic carbocycles. The van der Waals surface area contributed by atoms with Crippen molar-refractivity contribution >= 4 is 37.9 Å². The lowest BCUT2D eigenvalue weighted by Crippen LogP contribution is -2.46. The SMILES string of the molecule is O=S(=O)(Nc1nccs1)c1ccc(N2CCN(c3ccccc3)CC2)cc1.[HH]. The van der Waals surface area contributed by atoms with Gasteiger partial charge in [-0.3, -0.25) is 4.72 Å². The first kappa shape index (κ1) is 17.8. The number of hydrogen-bond acceptors (Lipinski definition) is 6. The predicted molar refractivity (Wildman–Crippen MR) is 112 cm³/mol. The average molecular weight is 403 g/mol. The molecule has 27 heavy (non-hydrogen) atoms. The van der Waals surface area contributed by atoms with E-state index in [9.17, 15) is 8.42 Å². The van der Waals surface area contributed by atoms with Gasteiger partial charge in [0.2, 0.25) is 0 Å². The van der Waals surface area contributed by atoms with E-state index >= 15 is 0 Å². The van der Waals surface area contributed by atoms with Gasteiger partial charge in [-0.1, -0.05) is 18.2 Å². The normalized spacial score (nSPS) is 15.0. The van der Waals surface area contributed by atoms with Crippen molar-refractivity contribution in [3.8, 4) is 0 Å². The van der Waals surface area contributed by atoms with E-state index in [2.05, 4.69) is 43.8 Å². The summed E-state index contributed by atoms with van der Waals surface area (Å²) in [5.41, 5.74) is 2.28. The molecule has 3 aromatic rings. The molecular formula is C19H22N4O2S2. The summed E-state index contributed by atoms with van der Waals surface area (Å²) in [6.07, 6.45) is 1.57. The van der Waals surface area contributed by atoms with Crippen molar-refractivity contribution in [1.82, 2.24) is 4.98 Å². The molecule has 2 heterocycles. The van der Waals surface area contributed by atoms with Crippen LogP contribution in [0.4, 0.5) is 16.5 Å². The topological polar surface area (TPSA) is 65.5 Å². The molecule has 8 heteroatoms. The van der Waals surface area contributed by atoms with Gasteiger partial charge >= 0.3 is 0 Å². The van der Waals surface area contributed by atoms with E-state index in [0.717, 1.165) is 31.9 Å². The second kappa shape index (κ2) is 7.58. The van der Waals surface area contributed by atoms with Crippen LogP contribution in [0.2, 0.25) is 0 Å². The number of para-hydroxylation sites is 1. The average Bonchev–Trinajstić information content (AvgIpc) is 3.21. The van der Waals surface area contributed by atoms with Crippen LogP contribution >= 0.6 is 11.3 Å². The van der Waals surface area contributed by atoms with E-state index in [1.807, 2.05) is 18.2 Å². The summed E-state index contributed by atoms with van der Waals surface area (Å²) in [7, 11) is -3.60. The highest BCUT2D eigenvalue weighted by Crippen LogP contribution is 2.23. The van der Waals surface area contributed by atoms with Gasteiger partial charge in [0.25, 0.3) is 10.0 Å².